The van der Waals surface area contributed by atoms with E-state index in [0.29, 0.717) is 18.5 Å². The van der Waals surface area contributed by atoms with Gasteiger partial charge in [-0.3, -0.25) is 0 Å². The van der Waals surface area contributed by atoms with Gasteiger partial charge in [-0.25, -0.2) is 4.98 Å². The second kappa shape index (κ2) is 7.11. The molecule has 5 nitrogen and oxygen atoms in total. The van der Waals surface area contributed by atoms with Crippen molar-refractivity contribution in [3.8, 4) is 0 Å². The van der Waals surface area contributed by atoms with E-state index in [4.69, 9.17) is 4.42 Å². The highest BCUT2D eigenvalue weighted by atomic mass is 16.3. The van der Waals surface area contributed by atoms with Crippen LogP contribution in [0.2, 0.25) is 0 Å². The molecule has 2 N–H and O–H groups in total. The molecule has 3 rings (SSSR count). The Labute approximate surface area is 125 Å². The first-order valence-electron chi connectivity index (χ1n) is 7.76. The van der Waals surface area contributed by atoms with Gasteiger partial charge in [-0.2, -0.15) is 4.98 Å². The van der Waals surface area contributed by atoms with Crippen LogP contribution in [0.25, 0.3) is 0 Å². The summed E-state index contributed by atoms with van der Waals surface area (Å²) in [7, 11) is 0. The zero-order valence-corrected chi connectivity index (χ0v) is 12.2. The van der Waals surface area contributed by atoms with E-state index in [2.05, 4.69) is 20.6 Å². The number of hydrogen-bond acceptors (Lipinski definition) is 5. The van der Waals surface area contributed by atoms with Crippen molar-refractivity contribution in [2.24, 2.45) is 0 Å². The summed E-state index contributed by atoms with van der Waals surface area (Å²) in [6.07, 6.45) is 11.2. The lowest BCUT2D eigenvalue weighted by molar-refractivity contribution is 0.518. The maximum Gasteiger partial charge on any atom is 0.224 e. The third-order valence-electron chi connectivity index (χ3n) is 3.87. The molecule has 1 aliphatic carbocycles. The Bertz CT molecular complexity index is 533. The van der Waals surface area contributed by atoms with Crippen LogP contribution in [0.3, 0.4) is 0 Å². The third-order valence-corrected chi connectivity index (χ3v) is 3.87. The fourth-order valence-corrected chi connectivity index (χ4v) is 2.72. The molecule has 0 unspecified atom stereocenters. The van der Waals surface area contributed by atoms with Crippen molar-refractivity contribution in [3.63, 3.8) is 0 Å². The molecule has 0 spiro atoms. The standard InChI is InChI=1S/C16H22N4O/c1-2-4-7-13(6-3-1)19-16-17-10-9-15(20-16)18-12-14-8-5-11-21-14/h5,8-11,13H,1-4,6-7,12H2,(H2,17,18,19,20). The van der Waals surface area contributed by atoms with Crippen molar-refractivity contribution in [3.05, 3.63) is 36.4 Å². The highest BCUT2D eigenvalue weighted by Crippen LogP contribution is 2.20. The number of nitrogens with one attached hydrogen (secondary N) is 2. The number of furan rings is 1. The van der Waals surface area contributed by atoms with Crippen molar-refractivity contribution >= 4 is 11.8 Å². The molecule has 1 aliphatic rings. The third kappa shape index (κ3) is 4.21. The first-order valence-corrected chi connectivity index (χ1v) is 7.76. The molecule has 0 aromatic carbocycles. The maximum absolute atomic E-state index is 5.30. The zero-order valence-electron chi connectivity index (χ0n) is 12.2. The molecule has 1 saturated carbocycles. The van der Waals surface area contributed by atoms with Crippen LogP contribution in [-0.2, 0) is 6.54 Å². The van der Waals surface area contributed by atoms with Gasteiger partial charge in [0.05, 0.1) is 12.8 Å². The van der Waals surface area contributed by atoms with E-state index in [1.54, 1.807) is 12.5 Å². The Kier molecular flexibility index (Phi) is 4.71. The molecule has 0 radical (unpaired) electrons. The predicted molar refractivity (Wildman–Crippen MR) is 83.2 cm³/mol. The maximum atomic E-state index is 5.30. The van der Waals surface area contributed by atoms with Gasteiger partial charge in [0, 0.05) is 12.2 Å². The summed E-state index contributed by atoms with van der Waals surface area (Å²) in [5, 5.41) is 6.72. The summed E-state index contributed by atoms with van der Waals surface area (Å²) in [4.78, 5) is 8.85. The summed E-state index contributed by atoms with van der Waals surface area (Å²) in [6.45, 7) is 0.632. The minimum Gasteiger partial charge on any atom is -0.467 e. The van der Waals surface area contributed by atoms with Crippen LogP contribution < -0.4 is 10.6 Å². The Balaban J connectivity index is 1.57. The Hall–Kier alpha value is -2.04. The molecule has 5 heteroatoms. The topological polar surface area (TPSA) is 63.0 Å². The van der Waals surface area contributed by atoms with Gasteiger partial charge in [-0.15, -0.1) is 0 Å². The molecule has 0 atom stereocenters. The lowest BCUT2D eigenvalue weighted by Gasteiger charge is -2.16. The number of rotatable bonds is 5. The number of aromatic nitrogens is 2. The Morgan fingerprint density at radius 1 is 1.14 bits per heavy atom. The lowest BCUT2D eigenvalue weighted by Crippen LogP contribution is -2.20. The van der Waals surface area contributed by atoms with E-state index >= 15 is 0 Å². The van der Waals surface area contributed by atoms with Crippen LogP contribution >= 0.6 is 0 Å². The number of nitrogens with zero attached hydrogens (tertiary/aromatic N) is 2. The Morgan fingerprint density at radius 3 is 2.76 bits per heavy atom. The van der Waals surface area contributed by atoms with E-state index < -0.39 is 0 Å². The molecular weight excluding hydrogens is 264 g/mol. The van der Waals surface area contributed by atoms with Gasteiger partial charge in [0.25, 0.3) is 0 Å². The summed E-state index contributed by atoms with van der Waals surface area (Å²) >= 11 is 0. The molecule has 1 fully saturated rings. The van der Waals surface area contributed by atoms with E-state index in [0.717, 1.165) is 11.6 Å². The first kappa shape index (κ1) is 13.9. The van der Waals surface area contributed by atoms with Crippen LogP contribution in [-0.4, -0.2) is 16.0 Å². The van der Waals surface area contributed by atoms with Gasteiger partial charge in [-0.1, -0.05) is 25.7 Å². The van der Waals surface area contributed by atoms with Crippen molar-refractivity contribution < 1.29 is 4.42 Å². The van der Waals surface area contributed by atoms with Crippen molar-refractivity contribution in [2.45, 2.75) is 51.1 Å². The largest absolute Gasteiger partial charge is 0.467 e. The van der Waals surface area contributed by atoms with Crippen molar-refractivity contribution in [2.75, 3.05) is 10.6 Å². The van der Waals surface area contributed by atoms with Gasteiger partial charge < -0.3 is 15.1 Å². The summed E-state index contributed by atoms with van der Waals surface area (Å²) in [5.41, 5.74) is 0. The smallest absolute Gasteiger partial charge is 0.224 e. The molecule has 21 heavy (non-hydrogen) atoms. The van der Waals surface area contributed by atoms with Crippen LogP contribution in [0.5, 0.6) is 0 Å². The van der Waals surface area contributed by atoms with Crippen LogP contribution in [0, 0.1) is 0 Å². The molecule has 2 aromatic rings. The molecule has 0 saturated heterocycles. The highest BCUT2D eigenvalue weighted by molar-refractivity contribution is 5.40. The van der Waals surface area contributed by atoms with Crippen molar-refractivity contribution in [1.82, 2.24) is 9.97 Å². The number of anilines is 2. The zero-order chi connectivity index (χ0) is 14.3. The lowest BCUT2D eigenvalue weighted by atomic mass is 10.1. The summed E-state index contributed by atoms with van der Waals surface area (Å²) in [5.74, 6) is 2.43. The average molecular weight is 286 g/mol. The average Bonchev–Trinajstić information content (AvgIpc) is 2.90. The molecule has 0 bridgehead atoms. The van der Waals surface area contributed by atoms with Crippen LogP contribution in [0.4, 0.5) is 11.8 Å². The Morgan fingerprint density at radius 2 is 2.00 bits per heavy atom. The van der Waals surface area contributed by atoms with E-state index in [9.17, 15) is 0 Å². The SMILES string of the molecule is c1coc(CNc2ccnc(NC3CCCCCC3)n2)c1. The molecule has 0 amide bonds. The molecule has 2 aromatic heterocycles. The number of hydrogen-bond donors (Lipinski definition) is 2. The van der Waals surface area contributed by atoms with E-state index in [1.165, 1.54) is 38.5 Å². The second-order valence-electron chi connectivity index (χ2n) is 5.53. The predicted octanol–water partition coefficient (Wildman–Crippen LogP) is 3.82. The van der Waals surface area contributed by atoms with Gasteiger partial charge in [0.1, 0.15) is 11.6 Å². The van der Waals surface area contributed by atoms with Gasteiger partial charge in [-0.05, 0) is 31.0 Å². The highest BCUT2D eigenvalue weighted by Gasteiger charge is 2.13. The normalized spacial score (nSPS) is 16.4. The molecule has 2 heterocycles. The quantitative estimate of drug-likeness (QED) is 0.818. The molecule has 0 aliphatic heterocycles. The monoisotopic (exact) mass is 286 g/mol. The fraction of sp³-hybridized carbons (Fsp3) is 0.500. The molecule has 112 valence electrons. The molecular formula is C16H22N4O. The van der Waals surface area contributed by atoms with E-state index in [1.807, 2.05) is 18.2 Å². The second-order valence-corrected chi connectivity index (χ2v) is 5.53. The van der Waals surface area contributed by atoms with Gasteiger partial charge in [0.2, 0.25) is 5.95 Å². The first-order chi connectivity index (χ1) is 10.4. The van der Waals surface area contributed by atoms with Crippen LogP contribution in [0.1, 0.15) is 44.3 Å². The minimum absolute atomic E-state index is 0.507. The van der Waals surface area contributed by atoms with Crippen molar-refractivity contribution in [1.29, 1.82) is 0 Å². The van der Waals surface area contributed by atoms with Crippen LogP contribution in [0.15, 0.2) is 35.1 Å². The van der Waals surface area contributed by atoms with Gasteiger partial charge >= 0.3 is 0 Å². The van der Waals surface area contributed by atoms with E-state index in [-0.39, 0.29) is 0 Å². The summed E-state index contributed by atoms with van der Waals surface area (Å²) < 4.78 is 5.30. The fourth-order valence-electron chi connectivity index (χ4n) is 2.72. The summed E-state index contributed by atoms with van der Waals surface area (Å²) in [6, 6.07) is 6.21. The van der Waals surface area contributed by atoms with Gasteiger partial charge in [0.15, 0.2) is 0 Å². The minimum atomic E-state index is 0.507.